The van der Waals surface area contributed by atoms with Crippen LogP contribution in [-0.2, 0) is 0 Å². The first-order valence-corrected chi connectivity index (χ1v) is 14.2. The van der Waals surface area contributed by atoms with Gasteiger partial charge >= 0.3 is 0 Å². The molecule has 0 saturated heterocycles. The van der Waals surface area contributed by atoms with Gasteiger partial charge in [0.25, 0.3) is 0 Å². The lowest BCUT2D eigenvalue weighted by atomic mass is 9.86. The molecule has 2 heteroatoms. The van der Waals surface area contributed by atoms with Gasteiger partial charge in [-0.2, -0.15) is 0 Å². The molecule has 0 atom stereocenters. The third kappa shape index (κ3) is 2.64. The smallest absolute Gasteiger partial charge is 0.0428 e. The number of rotatable bonds is 1. The minimum Gasteiger partial charge on any atom is -0.140 e. The van der Waals surface area contributed by atoms with Crippen molar-refractivity contribution in [2.24, 2.45) is 0 Å². The molecule has 0 unspecified atom stereocenters. The van der Waals surface area contributed by atoms with Gasteiger partial charge in [0.1, 0.15) is 0 Å². The Balaban J connectivity index is 1.47. The van der Waals surface area contributed by atoms with Crippen molar-refractivity contribution in [1.82, 2.24) is 0 Å². The zero-order valence-corrected chi connectivity index (χ0v) is 22.4. The second-order valence-corrected chi connectivity index (χ2v) is 12.7. The number of fused-ring (bicyclic) bond motifs is 5. The van der Waals surface area contributed by atoms with Crippen molar-refractivity contribution in [2.45, 2.75) is 27.7 Å². The van der Waals surface area contributed by atoms with Crippen LogP contribution in [0.3, 0.4) is 0 Å². The fraction of sp³-hybridized carbons (Fsp3) is 0.118. The van der Waals surface area contributed by atoms with Gasteiger partial charge in [0, 0.05) is 29.9 Å². The van der Waals surface area contributed by atoms with Gasteiger partial charge in [-0.05, 0) is 111 Å². The van der Waals surface area contributed by atoms with E-state index in [2.05, 4.69) is 100 Å². The Kier molecular flexibility index (Phi) is 4.06. The van der Waals surface area contributed by atoms with E-state index in [1.165, 1.54) is 95.3 Å². The number of hydrogen-bond acceptors (Lipinski definition) is 2. The molecule has 36 heavy (non-hydrogen) atoms. The molecule has 0 aliphatic rings. The number of benzene rings is 6. The van der Waals surface area contributed by atoms with E-state index in [1.54, 1.807) is 0 Å². The Morgan fingerprint density at radius 1 is 0.444 bits per heavy atom. The Morgan fingerprint density at radius 2 is 0.944 bits per heavy atom. The van der Waals surface area contributed by atoms with Crippen molar-refractivity contribution in [3.05, 3.63) is 94.4 Å². The molecule has 8 rings (SSSR count). The first kappa shape index (κ1) is 20.7. The lowest BCUT2D eigenvalue weighted by Gasteiger charge is -2.18. The van der Waals surface area contributed by atoms with E-state index < -0.39 is 0 Å². The zero-order valence-electron chi connectivity index (χ0n) is 20.7. The maximum absolute atomic E-state index is 2.41. The molecule has 2 heterocycles. The van der Waals surface area contributed by atoms with Crippen LogP contribution in [0, 0.1) is 27.7 Å². The number of aryl methyl sites for hydroxylation is 4. The number of hydrogen-bond donors (Lipinski definition) is 0. The molecule has 0 aliphatic carbocycles. The maximum Gasteiger partial charge on any atom is 0.0428 e. The van der Waals surface area contributed by atoms with Crippen LogP contribution in [0.4, 0.5) is 0 Å². The molecule has 0 aliphatic heterocycles. The maximum atomic E-state index is 2.41. The summed E-state index contributed by atoms with van der Waals surface area (Å²) < 4.78 is 2.80. The summed E-state index contributed by atoms with van der Waals surface area (Å²) in [4.78, 5) is 2.73. The van der Waals surface area contributed by atoms with E-state index in [-0.39, 0.29) is 0 Å². The van der Waals surface area contributed by atoms with Crippen LogP contribution >= 0.6 is 22.7 Å². The molecule has 2 aromatic heterocycles. The molecule has 0 bridgehead atoms. The average Bonchev–Trinajstić information content (AvgIpc) is 3.47. The van der Waals surface area contributed by atoms with Crippen LogP contribution in [0.5, 0.6) is 0 Å². The van der Waals surface area contributed by atoms with Gasteiger partial charge in [-0.3, -0.25) is 0 Å². The molecule has 0 spiro atoms. The summed E-state index contributed by atoms with van der Waals surface area (Å²) in [6.07, 6.45) is 0. The summed E-state index contributed by atoms with van der Waals surface area (Å²) in [5, 5.41) is 13.8. The van der Waals surface area contributed by atoms with Gasteiger partial charge in [-0.15, -0.1) is 22.7 Å². The molecular formula is C34H24S2. The predicted molar refractivity (Wildman–Crippen MR) is 163 cm³/mol. The van der Waals surface area contributed by atoms with Gasteiger partial charge in [0.15, 0.2) is 0 Å². The Morgan fingerprint density at radius 3 is 1.61 bits per heavy atom. The molecule has 0 nitrogen and oxygen atoms in total. The van der Waals surface area contributed by atoms with E-state index in [1.807, 2.05) is 22.7 Å². The minimum atomic E-state index is 1.34. The summed E-state index contributed by atoms with van der Waals surface area (Å²) in [5.74, 6) is 0. The van der Waals surface area contributed by atoms with E-state index in [4.69, 9.17) is 0 Å². The second-order valence-electron chi connectivity index (χ2n) is 10.4. The fourth-order valence-electron chi connectivity index (χ4n) is 6.42. The first-order valence-electron chi connectivity index (χ1n) is 12.5. The monoisotopic (exact) mass is 496 g/mol. The van der Waals surface area contributed by atoms with E-state index >= 15 is 0 Å². The number of thiophene rings is 2. The third-order valence-electron chi connectivity index (χ3n) is 8.07. The highest BCUT2D eigenvalue weighted by Gasteiger charge is 2.18. The van der Waals surface area contributed by atoms with Crippen LogP contribution in [-0.4, -0.2) is 0 Å². The Hall–Kier alpha value is -3.46. The molecule has 0 N–H and O–H groups in total. The quantitative estimate of drug-likeness (QED) is 0.198. The topological polar surface area (TPSA) is 0 Å². The second kappa shape index (κ2) is 7.06. The van der Waals surface area contributed by atoms with Crippen LogP contribution in [0.2, 0.25) is 0 Å². The molecule has 172 valence electrons. The summed E-state index contributed by atoms with van der Waals surface area (Å²) >= 11 is 3.85. The Labute approximate surface area is 217 Å². The van der Waals surface area contributed by atoms with Crippen molar-refractivity contribution in [1.29, 1.82) is 0 Å². The van der Waals surface area contributed by atoms with Crippen LogP contribution in [0.25, 0.3) is 73.7 Å². The largest absolute Gasteiger partial charge is 0.140 e. The highest BCUT2D eigenvalue weighted by atomic mass is 32.1. The van der Waals surface area contributed by atoms with Crippen LogP contribution in [0.15, 0.2) is 72.8 Å². The predicted octanol–water partition coefficient (Wildman–Crippen LogP) is 11.1. The molecule has 0 fully saturated rings. The van der Waals surface area contributed by atoms with E-state index in [0.717, 1.165) is 0 Å². The van der Waals surface area contributed by atoms with Gasteiger partial charge in [-0.1, -0.05) is 54.6 Å². The van der Waals surface area contributed by atoms with Crippen molar-refractivity contribution >= 4 is 85.9 Å². The molecule has 6 aromatic carbocycles. The van der Waals surface area contributed by atoms with Crippen molar-refractivity contribution in [2.75, 3.05) is 0 Å². The minimum absolute atomic E-state index is 1.34. The highest BCUT2D eigenvalue weighted by Crippen LogP contribution is 2.46. The lowest BCUT2D eigenvalue weighted by molar-refractivity contribution is 1.46. The molecule has 0 radical (unpaired) electrons. The normalized spacial score (nSPS) is 12.4. The van der Waals surface area contributed by atoms with E-state index in [9.17, 15) is 0 Å². The lowest BCUT2D eigenvalue weighted by Crippen LogP contribution is -1.92. The SMILES string of the molecule is Cc1cc2ccc3c(ccc4cc(-c5cc(C)c6ccc7c(C)cc(C)c8ccc5c6c78)sc43)c2s1. The molecule has 0 saturated carbocycles. The Bertz CT molecular complexity index is 2160. The zero-order chi connectivity index (χ0) is 24.3. The summed E-state index contributed by atoms with van der Waals surface area (Å²) in [6.45, 7) is 8.97. The third-order valence-corrected chi connectivity index (χ3v) is 10.4. The van der Waals surface area contributed by atoms with Crippen LogP contribution in [0.1, 0.15) is 21.6 Å². The fourth-order valence-corrected chi connectivity index (χ4v) is 8.68. The van der Waals surface area contributed by atoms with Crippen molar-refractivity contribution in [3.63, 3.8) is 0 Å². The molecular weight excluding hydrogens is 473 g/mol. The van der Waals surface area contributed by atoms with Gasteiger partial charge in [0.2, 0.25) is 0 Å². The van der Waals surface area contributed by atoms with Gasteiger partial charge in [-0.25, -0.2) is 0 Å². The van der Waals surface area contributed by atoms with Crippen LogP contribution < -0.4 is 0 Å². The molecule has 0 amide bonds. The van der Waals surface area contributed by atoms with Gasteiger partial charge < -0.3 is 0 Å². The van der Waals surface area contributed by atoms with E-state index in [0.29, 0.717) is 0 Å². The summed E-state index contributed by atoms with van der Waals surface area (Å²) in [6, 6.07) is 28.1. The standard InChI is InChI=1S/C34H24S2/c1-17-13-18(2)24-11-12-26-29(14-19(3)25-10-9-23(17)31(24)32(25)26)30-16-22-6-8-27-28(34(22)36-30)7-5-21-15-20(4)35-33(21)27/h5-16H,1-4H3. The van der Waals surface area contributed by atoms with Crippen molar-refractivity contribution < 1.29 is 0 Å². The van der Waals surface area contributed by atoms with Gasteiger partial charge in [0.05, 0.1) is 0 Å². The first-order chi connectivity index (χ1) is 17.5. The average molecular weight is 497 g/mol. The summed E-state index contributed by atoms with van der Waals surface area (Å²) in [7, 11) is 0. The highest BCUT2D eigenvalue weighted by molar-refractivity contribution is 7.23. The molecule has 8 aromatic rings. The van der Waals surface area contributed by atoms with Crippen molar-refractivity contribution in [3.8, 4) is 10.4 Å². The summed E-state index contributed by atoms with van der Waals surface area (Å²) in [5.41, 5.74) is 5.43.